The number of benzene rings is 1. The third kappa shape index (κ3) is 3.59. The summed E-state index contributed by atoms with van der Waals surface area (Å²) >= 11 is 6.60. The Morgan fingerprint density at radius 3 is 2.20 bits per heavy atom. The second kappa shape index (κ2) is 4.63. The van der Waals surface area contributed by atoms with Gasteiger partial charge >= 0.3 is 5.97 Å². The predicted molar refractivity (Wildman–Crippen MR) is 63.8 cm³/mol. The Kier molecular flexibility index (Phi) is 3.92. The van der Waals surface area contributed by atoms with Gasteiger partial charge in [-0.05, 0) is 30.7 Å². The first-order chi connectivity index (χ1) is 6.81. The van der Waals surface area contributed by atoms with Crippen LogP contribution < -0.4 is 0 Å². The lowest BCUT2D eigenvalue weighted by molar-refractivity contribution is -0.156. The summed E-state index contributed by atoms with van der Waals surface area (Å²) in [5.41, 5.74) is -0.982. The largest absolute Gasteiger partial charge is 0.479 e. The van der Waals surface area contributed by atoms with Crippen molar-refractivity contribution < 1.29 is 15.0 Å². The van der Waals surface area contributed by atoms with Crippen molar-refractivity contribution in [1.82, 2.24) is 0 Å². The smallest absolute Gasteiger partial charge is 0.335 e. The first-order valence-corrected chi connectivity index (χ1v) is 5.80. The Bertz CT molecular complexity index is 368. The maximum absolute atomic E-state index is 10.7. The van der Waals surface area contributed by atoms with Crippen LogP contribution in [0.2, 0.25) is 0 Å². The van der Waals surface area contributed by atoms with Crippen molar-refractivity contribution in [2.45, 2.75) is 18.9 Å². The maximum Gasteiger partial charge on any atom is 0.335 e. The molecule has 0 unspecified atom stereocenters. The molecular weight excluding hydrogens is 328 g/mol. The minimum absolute atomic E-state index is 0.0698. The molecule has 3 nitrogen and oxygen atoms in total. The topological polar surface area (TPSA) is 57.5 Å². The van der Waals surface area contributed by atoms with Gasteiger partial charge < -0.3 is 10.2 Å². The van der Waals surface area contributed by atoms with Crippen LogP contribution in [0.5, 0.6) is 0 Å². The second-order valence-electron chi connectivity index (χ2n) is 3.53. The lowest BCUT2D eigenvalue weighted by Gasteiger charge is -2.17. The van der Waals surface area contributed by atoms with Crippen LogP contribution in [0, 0.1) is 0 Å². The lowest BCUT2D eigenvalue weighted by atomic mass is 9.97. The maximum atomic E-state index is 10.7. The van der Waals surface area contributed by atoms with Crippen LogP contribution in [-0.4, -0.2) is 21.8 Å². The fourth-order valence-electron chi connectivity index (χ4n) is 1.19. The summed E-state index contributed by atoms with van der Waals surface area (Å²) < 4.78 is 1.68. The van der Waals surface area contributed by atoms with Crippen LogP contribution in [0.1, 0.15) is 12.5 Å². The van der Waals surface area contributed by atoms with Crippen molar-refractivity contribution in [3.8, 4) is 0 Å². The van der Waals surface area contributed by atoms with Crippen LogP contribution in [0.4, 0.5) is 0 Å². The summed E-state index contributed by atoms with van der Waals surface area (Å²) in [7, 11) is 0. The Labute approximate surface area is 104 Å². The van der Waals surface area contributed by atoms with Gasteiger partial charge in [0, 0.05) is 15.4 Å². The van der Waals surface area contributed by atoms with Gasteiger partial charge in [-0.25, -0.2) is 4.79 Å². The molecule has 15 heavy (non-hydrogen) atoms. The van der Waals surface area contributed by atoms with Gasteiger partial charge in [0.1, 0.15) is 0 Å². The number of carboxylic acid groups (broad SMARTS) is 1. The zero-order chi connectivity index (χ0) is 11.6. The van der Waals surface area contributed by atoms with Crippen molar-refractivity contribution in [3.05, 3.63) is 32.7 Å². The van der Waals surface area contributed by atoms with E-state index >= 15 is 0 Å². The quantitative estimate of drug-likeness (QED) is 0.891. The molecule has 0 saturated heterocycles. The second-order valence-corrected chi connectivity index (χ2v) is 5.36. The first kappa shape index (κ1) is 12.7. The third-order valence-electron chi connectivity index (χ3n) is 1.93. The van der Waals surface area contributed by atoms with E-state index in [4.69, 9.17) is 5.11 Å². The molecule has 0 aliphatic rings. The van der Waals surface area contributed by atoms with Gasteiger partial charge in [-0.3, -0.25) is 0 Å². The number of hydrogen-bond acceptors (Lipinski definition) is 2. The van der Waals surface area contributed by atoms with Crippen molar-refractivity contribution in [3.63, 3.8) is 0 Å². The minimum Gasteiger partial charge on any atom is -0.479 e. The van der Waals surface area contributed by atoms with Gasteiger partial charge in [-0.1, -0.05) is 31.9 Å². The molecule has 1 aromatic rings. The number of carbonyl (C=O) groups is 1. The predicted octanol–water partition coefficient (Wildman–Crippen LogP) is 2.59. The average molecular weight is 338 g/mol. The third-order valence-corrected chi connectivity index (χ3v) is 2.85. The summed E-state index contributed by atoms with van der Waals surface area (Å²) in [5, 5.41) is 18.4. The minimum atomic E-state index is -1.74. The molecule has 0 amide bonds. The zero-order valence-electron chi connectivity index (χ0n) is 8.00. The molecule has 0 spiro atoms. The van der Waals surface area contributed by atoms with Gasteiger partial charge in [0.25, 0.3) is 0 Å². The fourth-order valence-corrected chi connectivity index (χ4v) is 2.57. The van der Waals surface area contributed by atoms with Crippen LogP contribution in [0.15, 0.2) is 27.1 Å². The first-order valence-electron chi connectivity index (χ1n) is 4.22. The van der Waals surface area contributed by atoms with E-state index in [9.17, 15) is 9.90 Å². The average Bonchev–Trinajstić information content (AvgIpc) is 1.99. The van der Waals surface area contributed by atoms with Crippen LogP contribution in [0.25, 0.3) is 0 Å². The van der Waals surface area contributed by atoms with Gasteiger partial charge in [0.15, 0.2) is 5.60 Å². The van der Waals surface area contributed by atoms with Crippen molar-refractivity contribution in [1.29, 1.82) is 0 Å². The monoisotopic (exact) mass is 336 g/mol. The molecule has 0 aliphatic carbocycles. The summed E-state index contributed by atoms with van der Waals surface area (Å²) in [6, 6.07) is 5.41. The molecule has 0 radical (unpaired) electrons. The van der Waals surface area contributed by atoms with Crippen LogP contribution >= 0.6 is 31.9 Å². The Morgan fingerprint density at radius 1 is 1.33 bits per heavy atom. The van der Waals surface area contributed by atoms with Crippen molar-refractivity contribution >= 4 is 37.8 Å². The highest BCUT2D eigenvalue weighted by atomic mass is 79.9. The molecule has 0 bridgehead atoms. The highest BCUT2D eigenvalue weighted by Gasteiger charge is 2.30. The van der Waals surface area contributed by atoms with E-state index in [2.05, 4.69) is 31.9 Å². The van der Waals surface area contributed by atoms with Crippen molar-refractivity contribution in [2.75, 3.05) is 0 Å². The summed E-state index contributed by atoms with van der Waals surface area (Å²) in [4.78, 5) is 10.7. The highest BCUT2D eigenvalue weighted by Crippen LogP contribution is 2.23. The lowest BCUT2D eigenvalue weighted by Crippen LogP contribution is -2.37. The van der Waals surface area contributed by atoms with Crippen LogP contribution in [-0.2, 0) is 11.2 Å². The van der Waals surface area contributed by atoms with Gasteiger partial charge in [0.05, 0.1) is 0 Å². The number of hydrogen-bond donors (Lipinski definition) is 2. The standard InChI is InChI=1S/C10H10Br2O3/c1-10(15,9(13)14)5-6-2-7(11)4-8(12)3-6/h2-4,15H,5H2,1H3,(H,13,14)/t10-/m1/s1. The molecule has 0 fully saturated rings. The Hall–Kier alpha value is -0.390. The summed E-state index contributed by atoms with van der Waals surface area (Å²) in [6.45, 7) is 1.28. The van der Waals surface area contributed by atoms with Gasteiger partial charge in [-0.15, -0.1) is 0 Å². The van der Waals surface area contributed by atoms with E-state index < -0.39 is 11.6 Å². The van der Waals surface area contributed by atoms with Crippen LogP contribution in [0.3, 0.4) is 0 Å². The number of aliphatic carboxylic acids is 1. The molecule has 82 valence electrons. The zero-order valence-corrected chi connectivity index (χ0v) is 11.2. The molecule has 1 rings (SSSR count). The van der Waals surface area contributed by atoms with Gasteiger partial charge in [-0.2, -0.15) is 0 Å². The highest BCUT2D eigenvalue weighted by molar-refractivity contribution is 9.11. The van der Waals surface area contributed by atoms with E-state index in [1.165, 1.54) is 6.92 Å². The molecule has 1 aromatic carbocycles. The number of halogens is 2. The molecule has 1 atom stereocenters. The van der Waals surface area contributed by atoms with E-state index in [1.807, 2.05) is 6.07 Å². The molecule has 0 aliphatic heterocycles. The SMILES string of the molecule is C[C@@](O)(Cc1cc(Br)cc(Br)c1)C(=O)O. The molecule has 0 heterocycles. The molecule has 0 aromatic heterocycles. The number of carboxylic acids is 1. The number of aliphatic hydroxyl groups is 1. The van der Waals surface area contributed by atoms with E-state index in [1.54, 1.807) is 12.1 Å². The van der Waals surface area contributed by atoms with E-state index in [0.29, 0.717) is 0 Å². The molecule has 5 heteroatoms. The van der Waals surface area contributed by atoms with Gasteiger partial charge in [0.2, 0.25) is 0 Å². The Balaban J connectivity index is 2.94. The molecular formula is C10H10Br2O3. The summed E-state index contributed by atoms with van der Waals surface area (Å²) in [5.74, 6) is -1.22. The fraction of sp³-hybridized carbons (Fsp3) is 0.300. The van der Waals surface area contributed by atoms with E-state index in [-0.39, 0.29) is 6.42 Å². The Morgan fingerprint density at radius 2 is 1.80 bits per heavy atom. The molecule has 0 saturated carbocycles. The van der Waals surface area contributed by atoms with Crippen molar-refractivity contribution in [2.24, 2.45) is 0 Å². The summed E-state index contributed by atoms with van der Waals surface area (Å²) in [6.07, 6.45) is 0.0698. The molecule has 2 N–H and O–H groups in total. The number of rotatable bonds is 3. The normalized spacial score (nSPS) is 14.7. The van der Waals surface area contributed by atoms with E-state index in [0.717, 1.165) is 14.5 Å².